The van der Waals surface area contributed by atoms with Crippen LogP contribution in [0.1, 0.15) is 0 Å². The zero-order valence-corrected chi connectivity index (χ0v) is 42.9. The first-order valence-corrected chi connectivity index (χ1v) is 27.8. The maximum Gasteiger partial charge on any atom is 0.260 e. The molecule has 0 saturated carbocycles. The number of hydrogen-bond donors (Lipinski definition) is 0. The van der Waals surface area contributed by atoms with Gasteiger partial charge in [-0.3, -0.25) is 0 Å². The summed E-state index contributed by atoms with van der Waals surface area (Å²) in [5.41, 5.74) is 10.2. The first-order valence-electron chi connectivity index (χ1n) is 26.2. The van der Waals surface area contributed by atoms with Gasteiger partial charge in [0.25, 0.3) is 6.71 Å². The van der Waals surface area contributed by atoms with Gasteiger partial charge in [0.15, 0.2) is 0 Å². The maximum atomic E-state index is 7.03. The fourth-order valence-corrected chi connectivity index (χ4v) is 15.2. The molecule has 358 valence electrons. The molecule has 15 aromatic rings. The molecule has 77 heavy (non-hydrogen) atoms. The number of ether oxygens (including phenoxy) is 2. The molecule has 0 spiro atoms. The van der Waals surface area contributed by atoms with Gasteiger partial charge >= 0.3 is 0 Å². The lowest BCUT2D eigenvalue weighted by atomic mass is 9.35. The minimum absolute atomic E-state index is 0.0996. The SMILES string of the molecule is c1ccc(N(c2cccc3ccccc23)c2cc3sc4cc5c(cc4c3c3ccccc23)Oc2cccc3c2B5c2cc4sc5cc(N(c6ccccc6)c6cccc7ccccc67)c6ccccc6c5c4cc2O3)cc1. The minimum atomic E-state index is -0.0996. The lowest BCUT2D eigenvalue weighted by Crippen LogP contribution is -2.57. The highest BCUT2D eigenvalue weighted by Gasteiger charge is 2.41. The summed E-state index contributed by atoms with van der Waals surface area (Å²) in [4.78, 5) is 4.89. The smallest absolute Gasteiger partial charge is 0.260 e. The second-order valence-electron chi connectivity index (χ2n) is 20.2. The standard InChI is InChI=1S/C70H41BN2O2S2/c1-3-22-44(23-4-1)72(56-32-15-20-42-18-7-9-26-46(42)56)58-40-66-68(50-30-13-11-28-48(50)58)52-36-62-54(38-64(52)76-66)71-55-39-65-53(37-63(55)75-61-35-17-34-60(74-62)70(61)71)69-51-31-14-12-29-49(51)59(41-67(69)77-65)73(45-24-5-2-6-25-45)57-33-16-21-43-19-8-10-27-47(43)57/h1-41H. The van der Waals surface area contributed by atoms with Crippen molar-refractivity contribution in [1.82, 2.24) is 0 Å². The molecule has 0 bridgehead atoms. The van der Waals surface area contributed by atoms with Crippen molar-refractivity contribution in [3.05, 3.63) is 249 Å². The minimum Gasteiger partial charge on any atom is -0.458 e. The Morgan fingerprint density at radius 1 is 0.286 bits per heavy atom. The predicted octanol–water partition coefficient (Wildman–Crippen LogP) is 18.7. The number of fused-ring (bicyclic) bond motifs is 16. The highest BCUT2D eigenvalue weighted by atomic mass is 32.1. The van der Waals surface area contributed by atoms with E-state index < -0.39 is 0 Å². The molecule has 17 rings (SSSR count). The summed E-state index contributed by atoms with van der Waals surface area (Å²) in [5, 5.41) is 14.5. The van der Waals surface area contributed by atoms with E-state index in [0.29, 0.717) is 0 Å². The Kier molecular flexibility index (Phi) is 9.22. The molecule has 4 heterocycles. The predicted molar refractivity (Wildman–Crippen MR) is 329 cm³/mol. The van der Waals surface area contributed by atoms with Crippen LogP contribution in [0.25, 0.3) is 83.4 Å². The van der Waals surface area contributed by atoms with E-state index in [2.05, 4.69) is 259 Å². The first kappa shape index (κ1) is 42.9. The lowest BCUT2D eigenvalue weighted by molar-refractivity contribution is 0.465. The number of para-hydroxylation sites is 2. The molecule has 2 aliphatic heterocycles. The highest BCUT2D eigenvalue weighted by Crippen LogP contribution is 2.51. The van der Waals surface area contributed by atoms with E-state index in [-0.39, 0.29) is 6.71 Å². The van der Waals surface area contributed by atoms with Gasteiger partial charge in [0, 0.05) is 78.7 Å². The van der Waals surface area contributed by atoms with E-state index in [9.17, 15) is 0 Å². The number of nitrogens with zero attached hydrogens (tertiary/aromatic N) is 2. The first-order chi connectivity index (χ1) is 38.2. The quantitative estimate of drug-likeness (QED) is 0.155. The third-order valence-electron chi connectivity index (χ3n) is 16.1. The van der Waals surface area contributed by atoms with Crippen molar-refractivity contribution >= 4 is 163 Å². The number of hydrogen-bond acceptors (Lipinski definition) is 6. The van der Waals surface area contributed by atoms with Crippen LogP contribution in [-0.2, 0) is 0 Å². The van der Waals surface area contributed by atoms with Crippen LogP contribution in [0, 0.1) is 0 Å². The van der Waals surface area contributed by atoms with Crippen LogP contribution in [-0.4, -0.2) is 6.71 Å². The molecule has 2 aromatic heterocycles. The van der Waals surface area contributed by atoms with Crippen LogP contribution < -0.4 is 35.7 Å². The van der Waals surface area contributed by atoms with Gasteiger partial charge in [0.05, 0.1) is 22.7 Å². The van der Waals surface area contributed by atoms with Crippen molar-refractivity contribution in [2.45, 2.75) is 0 Å². The average molecular weight is 1020 g/mol. The van der Waals surface area contributed by atoms with E-state index in [0.717, 1.165) is 73.5 Å². The summed E-state index contributed by atoms with van der Waals surface area (Å²) in [6.45, 7) is -0.0996. The van der Waals surface area contributed by atoms with E-state index >= 15 is 0 Å². The van der Waals surface area contributed by atoms with E-state index in [1.165, 1.54) is 83.4 Å². The summed E-state index contributed by atoms with van der Waals surface area (Å²) in [7, 11) is 0. The monoisotopic (exact) mass is 1020 g/mol. The Hall–Kier alpha value is -9.40. The third-order valence-corrected chi connectivity index (χ3v) is 18.3. The van der Waals surface area contributed by atoms with Gasteiger partial charge in [-0.15, -0.1) is 22.7 Å². The highest BCUT2D eigenvalue weighted by molar-refractivity contribution is 7.26. The second kappa shape index (κ2) is 16.6. The molecule has 0 saturated heterocycles. The number of rotatable bonds is 6. The van der Waals surface area contributed by atoms with Crippen molar-refractivity contribution in [2.75, 3.05) is 9.80 Å². The zero-order valence-electron chi connectivity index (χ0n) is 41.3. The molecule has 0 radical (unpaired) electrons. The molecular formula is C70H41BN2O2S2. The van der Waals surface area contributed by atoms with Gasteiger partial charge in [-0.1, -0.05) is 164 Å². The number of thiophene rings is 2. The molecule has 0 fully saturated rings. The van der Waals surface area contributed by atoms with Crippen molar-refractivity contribution in [3.63, 3.8) is 0 Å². The molecule has 7 heteroatoms. The van der Waals surface area contributed by atoms with Crippen LogP contribution in [0.15, 0.2) is 249 Å². The Bertz CT molecular complexity index is 4650. The zero-order chi connectivity index (χ0) is 50.3. The Labute approximate surface area is 451 Å². The van der Waals surface area contributed by atoms with Crippen LogP contribution in [0.5, 0.6) is 23.0 Å². The average Bonchev–Trinajstić information content (AvgIpc) is 4.07. The summed E-state index contributed by atoms with van der Waals surface area (Å²) >= 11 is 3.73. The van der Waals surface area contributed by atoms with Crippen molar-refractivity contribution < 1.29 is 9.47 Å². The molecule has 0 amide bonds. The van der Waals surface area contributed by atoms with Gasteiger partial charge in [-0.2, -0.15) is 0 Å². The van der Waals surface area contributed by atoms with Gasteiger partial charge in [-0.05, 0) is 117 Å². The maximum absolute atomic E-state index is 7.03. The van der Waals surface area contributed by atoms with Crippen molar-refractivity contribution in [2.24, 2.45) is 0 Å². The van der Waals surface area contributed by atoms with Crippen molar-refractivity contribution in [1.29, 1.82) is 0 Å². The van der Waals surface area contributed by atoms with Crippen LogP contribution >= 0.6 is 22.7 Å². The van der Waals surface area contributed by atoms with Gasteiger partial charge in [0.2, 0.25) is 0 Å². The number of anilines is 6. The molecule has 0 unspecified atom stereocenters. The van der Waals surface area contributed by atoms with Gasteiger partial charge in [-0.25, -0.2) is 0 Å². The largest absolute Gasteiger partial charge is 0.458 e. The molecule has 0 aliphatic carbocycles. The van der Waals surface area contributed by atoms with Crippen LogP contribution in [0.3, 0.4) is 0 Å². The molecular weight excluding hydrogens is 976 g/mol. The molecule has 4 nitrogen and oxygen atoms in total. The molecule has 2 aliphatic rings. The Balaban J connectivity index is 0.862. The van der Waals surface area contributed by atoms with E-state index in [1.54, 1.807) is 0 Å². The second-order valence-corrected chi connectivity index (χ2v) is 22.4. The Morgan fingerprint density at radius 3 is 1.14 bits per heavy atom. The van der Waals surface area contributed by atoms with Crippen LogP contribution in [0.2, 0.25) is 0 Å². The van der Waals surface area contributed by atoms with Crippen molar-refractivity contribution in [3.8, 4) is 23.0 Å². The fraction of sp³-hybridized carbons (Fsp3) is 0. The Morgan fingerprint density at radius 2 is 0.675 bits per heavy atom. The fourth-order valence-electron chi connectivity index (χ4n) is 12.8. The summed E-state index contributed by atoms with van der Waals surface area (Å²) < 4.78 is 19.0. The summed E-state index contributed by atoms with van der Waals surface area (Å²) in [5.74, 6) is 3.45. The van der Waals surface area contributed by atoms with E-state index in [1.807, 2.05) is 22.7 Å². The topological polar surface area (TPSA) is 24.9 Å². The molecule has 0 N–H and O–H groups in total. The third kappa shape index (κ3) is 6.39. The number of benzene rings is 13. The lowest BCUT2D eigenvalue weighted by Gasteiger charge is -2.33. The summed E-state index contributed by atoms with van der Waals surface area (Å²) in [6.07, 6.45) is 0. The molecule has 13 aromatic carbocycles. The normalized spacial score (nSPS) is 12.6. The molecule has 0 atom stereocenters. The van der Waals surface area contributed by atoms with Crippen LogP contribution in [0.4, 0.5) is 34.1 Å². The van der Waals surface area contributed by atoms with E-state index in [4.69, 9.17) is 9.47 Å². The van der Waals surface area contributed by atoms with Gasteiger partial charge < -0.3 is 19.3 Å². The van der Waals surface area contributed by atoms with Gasteiger partial charge in [0.1, 0.15) is 23.0 Å². The summed E-state index contributed by atoms with van der Waals surface area (Å²) in [6, 6.07) is 90.6.